The van der Waals surface area contributed by atoms with Crippen molar-refractivity contribution in [3.8, 4) is 0 Å². The number of rotatable bonds is 4. The molecule has 2 rings (SSSR count). The van der Waals surface area contributed by atoms with Crippen molar-refractivity contribution in [2.24, 2.45) is 5.41 Å². The number of halogens is 1. The molecule has 0 amide bonds. The minimum absolute atomic E-state index is 0.217. The van der Waals surface area contributed by atoms with Gasteiger partial charge in [-0.1, -0.05) is 18.2 Å². The van der Waals surface area contributed by atoms with E-state index < -0.39 is 5.41 Å². The van der Waals surface area contributed by atoms with Crippen LogP contribution in [0.15, 0.2) is 24.3 Å². The van der Waals surface area contributed by atoms with E-state index in [0.717, 1.165) is 19.4 Å². The Morgan fingerprint density at radius 3 is 2.89 bits per heavy atom. The summed E-state index contributed by atoms with van der Waals surface area (Å²) in [4.78, 5) is 12.3. The number of hydrogen-bond donors (Lipinski definition) is 1. The summed E-state index contributed by atoms with van der Waals surface area (Å²) in [6.07, 6.45) is 2.05. The maximum Gasteiger partial charge on any atom is 0.313 e. The van der Waals surface area contributed by atoms with Crippen LogP contribution in [0.25, 0.3) is 0 Å². The lowest BCUT2D eigenvalue weighted by Gasteiger charge is -2.35. The first kappa shape index (κ1) is 14.0. The monoisotopic (exact) mass is 265 g/mol. The van der Waals surface area contributed by atoms with Crippen molar-refractivity contribution in [2.75, 3.05) is 19.7 Å². The van der Waals surface area contributed by atoms with Crippen molar-refractivity contribution < 1.29 is 13.9 Å². The number of carbonyl (C=O) groups is 1. The summed E-state index contributed by atoms with van der Waals surface area (Å²) in [6, 6.07) is 6.64. The lowest BCUT2D eigenvalue weighted by molar-refractivity contribution is -0.156. The van der Waals surface area contributed by atoms with Crippen molar-refractivity contribution in [3.05, 3.63) is 35.6 Å². The second-order valence-electron chi connectivity index (χ2n) is 5.05. The molecule has 1 aromatic carbocycles. The van der Waals surface area contributed by atoms with Gasteiger partial charge in [0.05, 0.1) is 12.0 Å². The molecule has 3 nitrogen and oxygen atoms in total. The number of piperidine rings is 1. The molecule has 0 saturated carbocycles. The maximum absolute atomic E-state index is 13.8. The summed E-state index contributed by atoms with van der Waals surface area (Å²) in [5.41, 5.74) is -0.0459. The molecule has 1 fully saturated rings. The van der Waals surface area contributed by atoms with Gasteiger partial charge in [-0.3, -0.25) is 4.79 Å². The normalized spacial score (nSPS) is 23.1. The number of benzene rings is 1. The molecule has 0 aromatic heterocycles. The highest BCUT2D eigenvalue weighted by Crippen LogP contribution is 2.33. The van der Waals surface area contributed by atoms with Crippen LogP contribution in [0.5, 0.6) is 0 Å². The van der Waals surface area contributed by atoms with Crippen LogP contribution in [-0.2, 0) is 16.0 Å². The first-order valence-corrected chi connectivity index (χ1v) is 6.79. The van der Waals surface area contributed by atoms with Gasteiger partial charge in [0.15, 0.2) is 0 Å². The van der Waals surface area contributed by atoms with Crippen LogP contribution >= 0.6 is 0 Å². The highest BCUT2D eigenvalue weighted by molar-refractivity contribution is 5.77. The Hall–Kier alpha value is -1.42. The van der Waals surface area contributed by atoms with Gasteiger partial charge in [-0.25, -0.2) is 4.39 Å². The first-order valence-electron chi connectivity index (χ1n) is 6.79. The van der Waals surface area contributed by atoms with E-state index in [1.165, 1.54) is 6.07 Å². The predicted molar refractivity (Wildman–Crippen MR) is 71.3 cm³/mol. The third-order valence-electron chi connectivity index (χ3n) is 3.67. The third-order valence-corrected chi connectivity index (χ3v) is 3.67. The number of hydrogen-bond acceptors (Lipinski definition) is 3. The van der Waals surface area contributed by atoms with E-state index in [9.17, 15) is 9.18 Å². The largest absolute Gasteiger partial charge is 0.466 e. The van der Waals surface area contributed by atoms with Crippen LogP contribution in [0.3, 0.4) is 0 Å². The second kappa shape index (κ2) is 6.15. The molecular weight excluding hydrogens is 245 g/mol. The average molecular weight is 265 g/mol. The summed E-state index contributed by atoms with van der Waals surface area (Å²) < 4.78 is 19.0. The van der Waals surface area contributed by atoms with Gasteiger partial charge in [0.2, 0.25) is 0 Å². The van der Waals surface area contributed by atoms with Crippen LogP contribution in [0.2, 0.25) is 0 Å². The lowest BCUT2D eigenvalue weighted by Crippen LogP contribution is -2.48. The number of ether oxygens (including phenoxy) is 1. The topological polar surface area (TPSA) is 38.3 Å². The highest BCUT2D eigenvalue weighted by atomic mass is 19.1. The van der Waals surface area contributed by atoms with Gasteiger partial charge in [0.1, 0.15) is 5.82 Å². The van der Waals surface area contributed by atoms with Crippen molar-refractivity contribution in [1.82, 2.24) is 5.32 Å². The molecule has 1 N–H and O–H groups in total. The van der Waals surface area contributed by atoms with E-state index in [2.05, 4.69) is 5.32 Å². The Balaban J connectivity index is 2.23. The van der Waals surface area contributed by atoms with E-state index in [4.69, 9.17) is 4.74 Å². The molecule has 0 aliphatic carbocycles. The van der Waals surface area contributed by atoms with E-state index in [-0.39, 0.29) is 11.8 Å². The van der Waals surface area contributed by atoms with Crippen molar-refractivity contribution in [1.29, 1.82) is 0 Å². The summed E-state index contributed by atoms with van der Waals surface area (Å²) in [6.45, 7) is 3.61. The SMILES string of the molecule is CCOC(=O)[C@@]1(Cc2ccccc2F)CCCNC1. The highest BCUT2D eigenvalue weighted by Gasteiger charge is 2.41. The van der Waals surface area contributed by atoms with E-state index in [1.807, 2.05) is 0 Å². The Labute approximate surface area is 113 Å². The smallest absolute Gasteiger partial charge is 0.313 e. The first-order chi connectivity index (χ1) is 9.18. The molecule has 1 aliphatic rings. The Kier molecular flexibility index (Phi) is 4.53. The zero-order valence-electron chi connectivity index (χ0n) is 11.2. The fourth-order valence-corrected chi connectivity index (χ4v) is 2.66. The Morgan fingerprint density at radius 1 is 1.47 bits per heavy atom. The lowest BCUT2D eigenvalue weighted by atomic mass is 9.75. The molecule has 0 bridgehead atoms. The number of nitrogens with one attached hydrogen (secondary N) is 1. The summed E-state index contributed by atoms with van der Waals surface area (Å²) in [7, 11) is 0. The molecule has 1 heterocycles. The van der Waals surface area contributed by atoms with Crippen molar-refractivity contribution in [2.45, 2.75) is 26.2 Å². The van der Waals surface area contributed by atoms with Crippen LogP contribution in [0.1, 0.15) is 25.3 Å². The van der Waals surface area contributed by atoms with Crippen LogP contribution < -0.4 is 5.32 Å². The number of carbonyl (C=O) groups excluding carboxylic acids is 1. The van der Waals surface area contributed by atoms with Gasteiger partial charge in [-0.15, -0.1) is 0 Å². The summed E-state index contributed by atoms with van der Waals surface area (Å²) >= 11 is 0. The molecule has 19 heavy (non-hydrogen) atoms. The third kappa shape index (κ3) is 3.13. The van der Waals surface area contributed by atoms with Gasteiger partial charge in [-0.05, 0) is 44.4 Å². The van der Waals surface area contributed by atoms with E-state index in [1.54, 1.807) is 25.1 Å². The zero-order valence-corrected chi connectivity index (χ0v) is 11.2. The molecule has 0 unspecified atom stereocenters. The van der Waals surface area contributed by atoms with Gasteiger partial charge in [0.25, 0.3) is 0 Å². The van der Waals surface area contributed by atoms with Crippen LogP contribution in [-0.4, -0.2) is 25.7 Å². The van der Waals surface area contributed by atoms with E-state index in [0.29, 0.717) is 25.1 Å². The molecule has 0 radical (unpaired) electrons. The second-order valence-corrected chi connectivity index (χ2v) is 5.05. The molecule has 1 aromatic rings. The molecule has 4 heteroatoms. The Bertz CT molecular complexity index is 442. The van der Waals surface area contributed by atoms with Crippen molar-refractivity contribution >= 4 is 5.97 Å². The van der Waals surface area contributed by atoms with Gasteiger partial charge in [-0.2, -0.15) is 0 Å². The average Bonchev–Trinajstić information content (AvgIpc) is 2.43. The van der Waals surface area contributed by atoms with Crippen LogP contribution in [0, 0.1) is 11.2 Å². The zero-order chi connectivity index (χ0) is 13.7. The fraction of sp³-hybridized carbons (Fsp3) is 0.533. The van der Waals surface area contributed by atoms with Crippen LogP contribution in [0.4, 0.5) is 4.39 Å². The number of esters is 1. The Morgan fingerprint density at radius 2 is 2.26 bits per heavy atom. The minimum atomic E-state index is -0.629. The molecule has 0 spiro atoms. The molecule has 1 aliphatic heterocycles. The van der Waals surface area contributed by atoms with Gasteiger partial charge < -0.3 is 10.1 Å². The van der Waals surface area contributed by atoms with Crippen molar-refractivity contribution in [3.63, 3.8) is 0 Å². The van der Waals surface area contributed by atoms with Gasteiger partial charge >= 0.3 is 5.97 Å². The minimum Gasteiger partial charge on any atom is -0.466 e. The summed E-state index contributed by atoms with van der Waals surface area (Å²) in [5.74, 6) is -0.470. The fourth-order valence-electron chi connectivity index (χ4n) is 2.66. The molecule has 104 valence electrons. The van der Waals surface area contributed by atoms with Gasteiger partial charge in [0, 0.05) is 6.54 Å². The molecule has 1 saturated heterocycles. The summed E-state index contributed by atoms with van der Waals surface area (Å²) in [5, 5.41) is 3.23. The molecule has 1 atom stereocenters. The molecular formula is C15H20FNO2. The predicted octanol–water partition coefficient (Wildman–Crippen LogP) is 2.30. The standard InChI is InChI=1S/C15H20FNO2/c1-2-19-14(18)15(8-5-9-17-11-15)10-12-6-3-4-7-13(12)16/h3-4,6-7,17H,2,5,8-11H2,1H3/t15-/m1/s1. The van der Waals surface area contributed by atoms with E-state index >= 15 is 0 Å². The maximum atomic E-state index is 13.8. The quantitative estimate of drug-likeness (QED) is 0.849.